The molecule has 1 atom stereocenters. The lowest BCUT2D eigenvalue weighted by atomic mass is 9.96. The molecule has 0 bridgehead atoms. The van der Waals surface area contributed by atoms with Crippen molar-refractivity contribution >= 4 is 11.9 Å². The highest BCUT2D eigenvalue weighted by molar-refractivity contribution is 5.77. The van der Waals surface area contributed by atoms with E-state index in [0.717, 1.165) is 12.1 Å². The number of carboxylic acids is 1. The summed E-state index contributed by atoms with van der Waals surface area (Å²) in [6.45, 7) is 1.76. The Morgan fingerprint density at radius 3 is 2.29 bits per heavy atom. The standard InChI is InChI=1S/C14H16F3NO3/c1-9(8-12(19)18-7-6-13(20)21)10-2-4-11(5-3-10)14(15,16)17/h2-5,9H,6-8H2,1H3,(H,18,19)(H,20,21). The van der Waals surface area contributed by atoms with Crippen molar-refractivity contribution in [3.63, 3.8) is 0 Å². The Bertz CT molecular complexity index is 497. The van der Waals surface area contributed by atoms with Gasteiger partial charge in [-0.15, -0.1) is 0 Å². The SMILES string of the molecule is CC(CC(=O)NCCC(=O)O)c1ccc(C(F)(F)F)cc1. The minimum atomic E-state index is -4.38. The van der Waals surface area contributed by atoms with E-state index >= 15 is 0 Å². The van der Waals surface area contributed by atoms with Crippen molar-refractivity contribution in [2.45, 2.75) is 31.9 Å². The largest absolute Gasteiger partial charge is 0.481 e. The molecular formula is C14H16F3NO3. The van der Waals surface area contributed by atoms with E-state index in [0.29, 0.717) is 5.56 Å². The molecule has 0 aliphatic rings. The van der Waals surface area contributed by atoms with Crippen LogP contribution >= 0.6 is 0 Å². The van der Waals surface area contributed by atoms with E-state index in [1.807, 2.05) is 0 Å². The lowest BCUT2D eigenvalue weighted by molar-refractivity contribution is -0.138. The Labute approximate surface area is 120 Å². The number of carbonyl (C=O) groups is 2. The van der Waals surface area contributed by atoms with Gasteiger partial charge in [0.15, 0.2) is 0 Å². The summed E-state index contributed by atoms with van der Waals surface area (Å²) in [5.74, 6) is -1.59. The van der Waals surface area contributed by atoms with E-state index < -0.39 is 17.7 Å². The number of hydrogen-bond acceptors (Lipinski definition) is 2. The predicted molar refractivity (Wildman–Crippen MR) is 69.7 cm³/mol. The molecule has 1 rings (SSSR count). The Morgan fingerprint density at radius 1 is 1.24 bits per heavy atom. The Kier molecular flexibility index (Phi) is 5.75. The summed E-state index contributed by atoms with van der Waals surface area (Å²) < 4.78 is 37.3. The van der Waals surface area contributed by atoms with E-state index in [2.05, 4.69) is 5.32 Å². The lowest BCUT2D eigenvalue weighted by Crippen LogP contribution is -2.26. The predicted octanol–water partition coefficient (Wildman–Crippen LogP) is 2.79. The van der Waals surface area contributed by atoms with Crippen molar-refractivity contribution in [2.24, 2.45) is 0 Å². The van der Waals surface area contributed by atoms with Gasteiger partial charge in [-0.2, -0.15) is 13.2 Å². The summed E-state index contributed by atoms with van der Waals surface area (Å²) in [5.41, 5.74) is -0.110. The van der Waals surface area contributed by atoms with E-state index in [-0.39, 0.29) is 31.2 Å². The van der Waals surface area contributed by atoms with Crippen molar-refractivity contribution in [1.82, 2.24) is 5.32 Å². The van der Waals surface area contributed by atoms with Crippen molar-refractivity contribution in [2.75, 3.05) is 6.54 Å². The average Bonchev–Trinajstić information content (AvgIpc) is 2.37. The third-order valence-corrected chi connectivity index (χ3v) is 2.96. The third-order valence-electron chi connectivity index (χ3n) is 2.96. The van der Waals surface area contributed by atoms with Gasteiger partial charge in [-0.25, -0.2) is 0 Å². The molecule has 0 aromatic heterocycles. The fourth-order valence-corrected chi connectivity index (χ4v) is 1.78. The molecule has 116 valence electrons. The molecule has 2 N–H and O–H groups in total. The normalized spacial score (nSPS) is 12.8. The number of carboxylic acid groups (broad SMARTS) is 1. The van der Waals surface area contributed by atoms with Crippen LogP contribution in [-0.2, 0) is 15.8 Å². The smallest absolute Gasteiger partial charge is 0.416 e. The van der Waals surface area contributed by atoms with Crippen LogP contribution in [0, 0.1) is 0 Å². The van der Waals surface area contributed by atoms with Crippen LogP contribution in [0.4, 0.5) is 13.2 Å². The van der Waals surface area contributed by atoms with Crippen molar-refractivity contribution in [1.29, 1.82) is 0 Å². The summed E-state index contributed by atoms with van der Waals surface area (Å²) in [5, 5.41) is 10.9. The maximum Gasteiger partial charge on any atom is 0.416 e. The zero-order valence-electron chi connectivity index (χ0n) is 11.4. The highest BCUT2D eigenvalue weighted by Crippen LogP contribution is 2.30. The molecule has 1 aromatic carbocycles. The zero-order valence-corrected chi connectivity index (χ0v) is 11.4. The molecule has 0 heterocycles. The van der Waals surface area contributed by atoms with E-state index in [9.17, 15) is 22.8 Å². The molecule has 0 saturated heterocycles. The fraction of sp³-hybridized carbons (Fsp3) is 0.429. The van der Waals surface area contributed by atoms with Gasteiger partial charge in [0.2, 0.25) is 5.91 Å². The second-order valence-electron chi connectivity index (χ2n) is 4.72. The molecule has 21 heavy (non-hydrogen) atoms. The van der Waals surface area contributed by atoms with Gasteiger partial charge in [-0.1, -0.05) is 19.1 Å². The van der Waals surface area contributed by atoms with E-state index in [1.54, 1.807) is 6.92 Å². The van der Waals surface area contributed by atoms with Crippen molar-refractivity contribution in [3.8, 4) is 0 Å². The minimum Gasteiger partial charge on any atom is -0.481 e. The highest BCUT2D eigenvalue weighted by Gasteiger charge is 2.30. The van der Waals surface area contributed by atoms with Gasteiger partial charge in [-0.3, -0.25) is 9.59 Å². The number of amides is 1. The van der Waals surface area contributed by atoms with Crippen LogP contribution < -0.4 is 5.32 Å². The number of halogens is 3. The molecule has 1 unspecified atom stereocenters. The molecule has 0 radical (unpaired) electrons. The highest BCUT2D eigenvalue weighted by atomic mass is 19.4. The Balaban J connectivity index is 2.53. The molecule has 0 aliphatic carbocycles. The van der Waals surface area contributed by atoms with Gasteiger partial charge in [0, 0.05) is 13.0 Å². The van der Waals surface area contributed by atoms with Gasteiger partial charge >= 0.3 is 12.1 Å². The summed E-state index contributed by atoms with van der Waals surface area (Å²) in [7, 11) is 0. The maximum atomic E-state index is 12.4. The molecule has 0 spiro atoms. The number of carbonyl (C=O) groups excluding carboxylic acids is 1. The molecular weight excluding hydrogens is 287 g/mol. The Morgan fingerprint density at radius 2 is 1.81 bits per heavy atom. The molecule has 4 nitrogen and oxygen atoms in total. The first-order valence-electron chi connectivity index (χ1n) is 6.36. The summed E-state index contributed by atoms with van der Waals surface area (Å²) in [4.78, 5) is 21.8. The van der Waals surface area contributed by atoms with Crippen LogP contribution in [-0.4, -0.2) is 23.5 Å². The van der Waals surface area contributed by atoms with Gasteiger partial charge in [-0.05, 0) is 23.6 Å². The van der Waals surface area contributed by atoms with Crippen LogP contribution in [0.2, 0.25) is 0 Å². The van der Waals surface area contributed by atoms with Crippen LogP contribution in [0.5, 0.6) is 0 Å². The Hall–Kier alpha value is -2.05. The quantitative estimate of drug-likeness (QED) is 0.849. The topological polar surface area (TPSA) is 66.4 Å². The van der Waals surface area contributed by atoms with E-state index in [1.165, 1.54) is 12.1 Å². The number of nitrogens with one attached hydrogen (secondary N) is 1. The average molecular weight is 303 g/mol. The number of rotatable bonds is 6. The molecule has 1 amide bonds. The van der Waals surface area contributed by atoms with Gasteiger partial charge in [0.25, 0.3) is 0 Å². The summed E-state index contributed by atoms with van der Waals surface area (Å²) in [6, 6.07) is 4.65. The second kappa shape index (κ2) is 7.10. The third kappa shape index (κ3) is 5.85. The lowest BCUT2D eigenvalue weighted by Gasteiger charge is -2.13. The number of hydrogen-bond donors (Lipinski definition) is 2. The number of benzene rings is 1. The molecule has 0 aliphatic heterocycles. The number of aliphatic carboxylic acids is 1. The molecule has 0 fully saturated rings. The maximum absolute atomic E-state index is 12.4. The second-order valence-corrected chi connectivity index (χ2v) is 4.72. The van der Waals surface area contributed by atoms with Crippen LogP contribution in [0.3, 0.4) is 0 Å². The molecule has 0 saturated carbocycles. The number of alkyl halides is 3. The van der Waals surface area contributed by atoms with Gasteiger partial charge in [0.1, 0.15) is 0 Å². The first kappa shape index (κ1) is 17.0. The van der Waals surface area contributed by atoms with Crippen LogP contribution in [0.1, 0.15) is 36.8 Å². The fourth-order valence-electron chi connectivity index (χ4n) is 1.78. The first-order valence-corrected chi connectivity index (χ1v) is 6.36. The zero-order chi connectivity index (χ0) is 16.0. The van der Waals surface area contributed by atoms with Crippen molar-refractivity contribution < 1.29 is 27.9 Å². The van der Waals surface area contributed by atoms with Crippen molar-refractivity contribution in [3.05, 3.63) is 35.4 Å². The van der Waals surface area contributed by atoms with Gasteiger partial charge in [0.05, 0.1) is 12.0 Å². The van der Waals surface area contributed by atoms with Crippen LogP contribution in [0.15, 0.2) is 24.3 Å². The molecule has 7 heteroatoms. The van der Waals surface area contributed by atoms with Gasteiger partial charge < -0.3 is 10.4 Å². The van der Waals surface area contributed by atoms with E-state index in [4.69, 9.17) is 5.11 Å². The summed E-state index contributed by atoms with van der Waals surface area (Å²) in [6.07, 6.45) is -4.46. The minimum absolute atomic E-state index is 0.0356. The van der Waals surface area contributed by atoms with Crippen LogP contribution in [0.25, 0.3) is 0 Å². The molecule has 1 aromatic rings. The summed E-state index contributed by atoms with van der Waals surface area (Å²) >= 11 is 0. The first-order chi connectivity index (χ1) is 9.70. The monoisotopic (exact) mass is 303 g/mol.